The van der Waals surface area contributed by atoms with Gasteiger partial charge in [-0.05, 0) is 43.9 Å². The van der Waals surface area contributed by atoms with Crippen molar-refractivity contribution in [2.45, 2.75) is 38.8 Å². The summed E-state index contributed by atoms with van der Waals surface area (Å²) in [6.45, 7) is 5.97. The lowest BCUT2D eigenvalue weighted by molar-refractivity contribution is -0.123. The topological polar surface area (TPSA) is 61.4 Å². The van der Waals surface area contributed by atoms with Crippen LogP contribution >= 0.6 is 0 Å². The molecule has 28 heavy (non-hydrogen) atoms. The second-order valence-corrected chi connectivity index (χ2v) is 7.54. The van der Waals surface area contributed by atoms with Crippen LogP contribution in [0.5, 0.6) is 0 Å². The molecule has 5 nitrogen and oxygen atoms in total. The number of amides is 2. The van der Waals surface area contributed by atoms with Crippen LogP contribution in [0.1, 0.15) is 47.3 Å². The van der Waals surface area contributed by atoms with E-state index >= 15 is 0 Å². The number of carbonyl (C=O) groups is 2. The summed E-state index contributed by atoms with van der Waals surface area (Å²) in [5, 5.41) is 6.20. The highest BCUT2D eigenvalue weighted by molar-refractivity contribution is 5.95. The SMILES string of the molecule is Cc1ccccc1C(=O)NC1CCN(CC(=O)NC(C)c2ccccc2)CC1. The number of likely N-dealkylation sites (tertiary alicyclic amines) is 1. The van der Waals surface area contributed by atoms with Crippen molar-refractivity contribution in [2.24, 2.45) is 0 Å². The number of hydrogen-bond donors (Lipinski definition) is 2. The Bertz CT molecular complexity index is 799. The van der Waals surface area contributed by atoms with E-state index in [2.05, 4.69) is 15.5 Å². The number of aryl methyl sites for hydroxylation is 1. The molecule has 2 aromatic carbocycles. The van der Waals surface area contributed by atoms with E-state index in [0.717, 1.165) is 42.6 Å². The predicted octanol–water partition coefficient (Wildman–Crippen LogP) is 3.07. The highest BCUT2D eigenvalue weighted by Gasteiger charge is 2.23. The Morgan fingerprint density at radius 2 is 1.68 bits per heavy atom. The molecule has 2 aromatic rings. The van der Waals surface area contributed by atoms with E-state index in [1.807, 2.05) is 68.4 Å². The zero-order valence-electron chi connectivity index (χ0n) is 16.7. The minimum atomic E-state index is -0.00835. The van der Waals surface area contributed by atoms with Crippen molar-refractivity contribution in [3.8, 4) is 0 Å². The van der Waals surface area contributed by atoms with Gasteiger partial charge in [-0.15, -0.1) is 0 Å². The van der Waals surface area contributed by atoms with Crippen molar-refractivity contribution in [3.63, 3.8) is 0 Å². The van der Waals surface area contributed by atoms with Crippen LogP contribution in [0, 0.1) is 6.92 Å². The van der Waals surface area contributed by atoms with E-state index in [0.29, 0.717) is 6.54 Å². The third-order valence-corrected chi connectivity index (χ3v) is 5.36. The Labute approximate surface area is 167 Å². The molecule has 1 unspecified atom stereocenters. The monoisotopic (exact) mass is 379 g/mol. The van der Waals surface area contributed by atoms with Crippen LogP contribution in [-0.2, 0) is 4.79 Å². The summed E-state index contributed by atoms with van der Waals surface area (Å²) in [5.41, 5.74) is 2.83. The minimum Gasteiger partial charge on any atom is -0.349 e. The Morgan fingerprint density at radius 3 is 2.36 bits per heavy atom. The van der Waals surface area contributed by atoms with Crippen LogP contribution in [0.4, 0.5) is 0 Å². The molecule has 1 heterocycles. The summed E-state index contributed by atoms with van der Waals surface area (Å²) in [5.74, 6) is 0.0322. The van der Waals surface area contributed by atoms with Crippen LogP contribution in [0.25, 0.3) is 0 Å². The van der Waals surface area contributed by atoms with Crippen molar-refractivity contribution in [2.75, 3.05) is 19.6 Å². The molecule has 0 aliphatic carbocycles. The molecular formula is C23H29N3O2. The Kier molecular flexibility index (Phi) is 6.82. The van der Waals surface area contributed by atoms with Gasteiger partial charge in [-0.1, -0.05) is 48.5 Å². The summed E-state index contributed by atoms with van der Waals surface area (Å²) >= 11 is 0. The van der Waals surface area contributed by atoms with Crippen LogP contribution in [0.3, 0.4) is 0 Å². The molecule has 1 aliphatic heterocycles. The maximum absolute atomic E-state index is 12.5. The third-order valence-electron chi connectivity index (χ3n) is 5.36. The molecule has 3 rings (SSSR count). The van der Waals surface area contributed by atoms with E-state index in [-0.39, 0.29) is 23.9 Å². The molecular weight excluding hydrogens is 350 g/mol. The zero-order chi connectivity index (χ0) is 19.9. The Morgan fingerprint density at radius 1 is 1.04 bits per heavy atom. The van der Waals surface area contributed by atoms with Crippen LogP contribution in [0.15, 0.2) is 54.6 Å². The van der Waals surface area contributed by atoms with Gasteiger partial charge in [-0.25, -0.2) is 0 Å². The van der Waals surface area contributed by atoms with Gasteiger partial charge in [0.1, 0.15) is 0 Å². The maximum atomic E-state index is 12.5. The first-order valence-electron chi connectivity index (χ1n) is 9.96. The van der Waals surface area contributed by atoms with Crippen molar-refractivity contribution in [3.05, 3.63) is 71.3 Å². The van der Waals surface area contributed by atoms with Crippen molar-refractivity contribution in [1.82, 2.24) is 15.5 Å². The van der Waals surface area contributed by atoms with E-state index in [1.165, 1.54) is 0 Å². The molecule has 0 spiro atoms. The van der Waals surface area contributed by atoms with Crippen LogP contribution in [-0.4, -0.2) is 42.4 Å². The number of benzene rings is 2. The fourth-order valence-electron chi connectivity index (χ4n) is 3.64. The lowest BCUT2D eigenvalue weighted by atomic mass is 10.0. The number of hydrogen-bond acceptors (Lipinski definition) is 3. The fourth-order valence-corrected chi connectivity index (χ4v) is 3.64. The van der Waals surface area contributed by atoms with Crippen molar-refractivity contribution in [1.29, 1.82) is 0 Å². The smallest absolute Gasteiger partial charge is 0.251 e. The molecule has 0 radical (unpaired) electrons. The van der Waals surface area contributed by atoms with Gasteiger partial charge in [0.2, 0.25) is 5.91 Å². The summed E-state index contributed by atoms with van der Waals surface area (Å²) in [6, 6.07) is 17.8. The molecule has 148 valence electrons. The Hall–Kier alpha value is -2.66. The van der Waals surface area contributed by atoms with Gasteiger partial charge < -0.3 is 10.6 Å². The van der Waals surface area contributed by atoms with E-state index in [4.69, 9.17) is 0 Å². The molecule has 0 saturated carbocycles. The lowest BCUT2D eigenvalue weighted by Crippen LogP contribution is -2.47. The fraction of sp³-hybridized carbons (Fsp3) is 0.391. The first kappa shape index (κ1) is 20.1. The van der Waals surface area contributed by atoms with Crippen LogP contribution in [0.2, 0.25) is 0 Å². The molecule has 2 amide bonds. The zero-order valence-corrected chi connectivity index (χ0v) is 16.7. The van der Waals surface area contributed by atoms with Gasteiger partial charge in [0, 0.05) is 24.7 Å². The summed E-state index contributed by atoms with van der Waals surface area (Å²) in [4.78, 5) is 27.0. The van der Waals surface area contributed by atoms with Gasteiger partial charge in [0.15, 0.2) is 0 Å². The lowest BCUT2D eigenvalue weighted by Gasteiger charge is -2.32. The number of piperidine rings is 1. The quantitative estimate of drug-likeness (QED) is 0.811. The van der Waals surface area contributed by atoms with E-state index in [1.54, 1.807) is 0 Å². The molecule has 0 aromatic heterocycles. The van der Waals surface area contributed by atoms with Gasteiger partial charge in [0.25, 0.3) is 5.91 Å². The standard InChI is InChI=1S/C23H29N3O2/c1-17-8-6-7-11-21(17)23(28)25-20-12-14-26(15-13-20)16-22(27)24-18(2)19-9-4-3-5-10-19/h3-11,18,20H,12-16H2,1-2H3,(H,24,27)(H,25,28). The van der Waals surface area contributed by atoms with E-state index < -0.39 is 0 Å². The first-order valence-corrected chi connectivity index (χ1v) is 9.96. The average molecular weight is 380 g/mol. The number of nitrogens with one attached hydrogen (secondary N) is 2. The van der Waals surface area contributed by atoms with Crippen LogP contribution < -0.4 is 10.6 Å². The molecule has 1 aliphatic rings. The summed E-state index contributed by atoms with van der Waals surface area (Å²) in [7, 11) is 0. The molecule has 1 saturated heterocycles. The molecule has 1 atom stereocenters. The van der Waals surface area contributed by atoms with Gasteiger partial charge in [-0.3, -0.25) is 14.5 Å². The normalized spacial score (nSPS) is 16.4. The molecule has 5 heteroatoms. The largest absolute Gasteiger partial charge is 0.349 e. The number of nitrogens with zero attached hydrogens (tertiary/aromatic N) is 1. The van der Waals surface area contributed by atoms with E-state index in [9.17, 15) is 9.59 Å². The third kappa shape index (κ3) is 5.42. The number of rotatable bonds is 6. The van der Waals surface area contributed by atoms with Crippen molar-refractivity contribution < 1.29 is 9.59 Å². The molecule has 1 fully saturated rings. The van der Waals surface area contributed by atoms with Gasteiger partial charge >= 0.3 is 0 Å². The Balaban J connectivity index is 1.42. The second-order valence-electron chi connectivity index (χ2n) is 7.54. The average Bonchev–Trinajstić information content (AvgIpc) is 2.70. The first-order chi connectivity index (χ1) is 13.5. The second kappa shape index (κ2) is 9.51. The molecule has 0 bridgehead atoms. The van der Waals surface area contributed by atoms with Gasteiger partial charge in [-0.2, -0.15) is 0 Å². The minimum absolute atomic E-state index is 0.000334. The maximum Gasteiger partial charge on any atom is 0.251 e. The van der Waals surface area contributed by atoms with Crippen molar-refractivity contribution >= 4 is 11.8 Å². The van der Waals surface area contributed by atoms with Gasteiger partial charge in [0.05, 0.1) is 12.6 Å². The highest BCUT2D eigenvalue weighted by atomic mass is 16.2. The highest BCUT2D eigenvalue weighted by Crippen LogP contribution is 2.14. The molecule has 2 N–H and O–H groups in total. The summed E-state index contributed by atoms with van der Waals surface area (Å²) < 4.78 is 0. The summed E-state index contributed by atoms with van der Waals surface area (Å²) in [6.07, 6.45) is 1.72. The number of carbonyl (C=O) groups excluding carboxylic acids is 2. The predicted molar refractivity (Wildman–Crippen MR) is 111 cm³/mol.